The monoisotopic (exact) mass is 435 g/mol. The Labute approximate surface area is 176 Å². The van der Waals surface area contributed by atoms with Gasteiger partial charge in [0.2, 0.25) is 15.9 Å². The average Bonchev–Trinajstić information content (AvgIpc) is 3.02. The summed E-state index contributed by atoms with van der Waals surface area (Å²) in [6.07, 6.45) is 3.74. The number of sulfonamides is 1. The van der Waals surface area contributed by atoms with Gasteiger partial charge in [0.25, 0.3) is 0 Å². The van der Waals surface area contributed by atoms with Crippen LogP contribution in [0.2, 0.25) is 0 Å². The molecule has 2 aliphatic heterocycles. The molecule has 0 spiro atoms. The maximum absolute atomic E-state index is 13.0. The Morgan fingerprint density at radius 2 is 1.83 bits per heavy atom. The summed E-state index contributed by atoms with van der Waals surface area (Å²) >= 11 is 0. The summed E-state index contributed by atoms with van der Waals surface area (Å²) in [7, 11) is -3.64. The maximum atomic E-state index is 13.0. The van der Waals surface area contributed by atoms with Gasteiger partial charge in [-0.3, -0.25) is 9.36 Å². The van der Waals surface area contributed by atoms with Gasteiger partial charge >= 0.3 is 5.76 Å². The molecule has 0 bridgehead atoms. The number of rotatable bonds is 4. The molecule has 0 N–H and O–H groups in total. The molecule has 0 saturated carbocycles. The molecule has 1 amide bonds. The lowest BCUT2D eigenvalue weighted by molar-refractivity contribution is -0.133. The molecule has 1 aromatic heterocycles. The van der Waals surface area contributed by atoms with Crippen LogP contribution in [-0.4, -0.2) is 54.3 Å². The first kappa shape index (κ1) is 21.1. The number of oxazole rings is 1. The molecule has 8 nitrogen and oxygen atoms in total. The second-order valence-corrected chi connectivity index (χ2v) is 10.7. The summed E-state index contributed by atoms with van der Waals surface area (Å²) < 4.78 is 34.0. The highest BCUT2D eigenvalue weighted by molar-refractivity contribution is 7.89. The van der Waals surface area contributed by atoms with Gasteiger partial charge in [-0.25, -0.2) is 13.2 Å². The quantitative estimate of drug-likeness (QED) is 0.735. The third-order valence-electron chi connectivity index (χ3n) is 6.32. The van der Waals surface area contributed by atoms with E-state index in [0.717, 1.165) is 25.7 Å². The molecule has 1 unspecified atom stereocenters. The molecule has 164 valence electrons. The van der Waals surface area contributed by atoms with Crippen molar-refractivity contribution in [2.75, 3.05) is 26.2 Å². The molecule has 30 heavy (non-hydrogen) atoms. The zero-order valence-corrected chi connectivity index (χ0v) is 18.4. The molecule has 4 rings (SSSR count). The van der Waals surface area contributed by atoms with E-state index in [0.29, 0.717) is 43.5 Å². The number of carbonyl (C=O) groups is 1. The lowest BCUT2D eigenvalue weighted by Gasteiger charge is -2.31. The number of aromatic nitrogens is 1. The van der Waals surface area contributed by atoms with Crippen molar-refractivity contribution < 1.29 is 17.6 Å². The zero-order valence-electron chi connectivity index (χ0n) is 17.5. The van der Waals surface area contributed by atoms with Crippen LogP contribution in [0.1, 0.15) is 39.5 Å². The highest BCUT2D eigenvalue weighted by atomic mass is 32.2. The molecule has 9 heteroatoms. The maximum Gasteiger partial charge on any atom is 0.420 e. The molecule has 1 atom stereocenters. The van der Waals surface area contributed by atoms with Crippen molar-refractivity contribution in [1.29, 1.82) is 0 Å². The molecular weight excluding hydrogens is 406 g/mol. The number of nitrogens with zero attached hydrogens (tertiary/aromatic N) is 3. The Morgan fingerprint density at radius 1 is 1.10 bits per heavy atom. The SMILES string of the molecule is CC1CCN(S(=O)(=O)c2ccc3c(c2)oc(=O)n3CC(=O)N2CCCC(C)C2)CC1. The molecule has 3 heterocycles. The molecule has 0 radical (unpaired) electrons. The highest BCUT2D eigenvalue weighted by Crippen LogP contribution is 2.26. The minimum Gasteiger partial charge on any atom is -0.408 e. The van der Waals surface area contributed by atoms with E-state index in [1.807, 2.05) is 0 Å². The van der Waals surface area contributed by atoms with Crippen LogP contribution in [0.4, 0.5) is 0 Å². The predicted molar refractivity (Wildman–Crippen MR) is 113 cm³/mol. The largest absolute Gasteiger partial charge is 0.420 e. The molecule has 2 fully saturated rings. The van der Waals surface area contributed by atoms with Gasteiger partial charge in [-0.1, -0.05) is 13.8 Å². The number of fused-ring (bicyclic) bond motifs is 1. The number of hydrogen-bond donors (Lipinski definition) is 0. The van der Waals surface area contributed by atoms with Gasteiger partial charge in [0, 0.05) is 32.2 Å². The molecule has 1 aromatic carbocycles. The normalized spacial score (nSPS) is 21.9. The molecule has 2 aromatic rings. The molecule has 2 aliphatic rings. The van der Waals surface area contributed by atoms with Crippen LogP contribution in [0.25, 0.3) is 11.1 Å². The third kappa shape index (κ3) is 4.05. The fourth-order valence-corrected chi connectivity index (χ4v) is 5.87. The number of likely N-dealkylation sites (tertiary alicyclic amines) is 1. The first-order chi connectivity index (χ1) is 14.3. The van der Waals surface area contributed by atoms with E-state index < -0.39 is 15.8 Å². The van der Waals surface area contributed by atoms with Gasteiger partial charge in [-0.05, 0) is 49.7 Å². The number of hydrogen-bond acceptors (Lipinski definition) is 5. The first-order valence-corrected chi connectivity index (χ1v) is 12.1. The van der Waals surface area contributed by atoms with E-state index in [9.17, 15) is 18.0 Å². The van der Waals surface area contributed by atoms with Gasteiger partial charge < -0.3 is 9.32 Å². The standard InChI is InChI=1S/C21H29N3O5S/c1-15-7-10-23(11-8-15)30(27,28)17-5-6-18-19(12-17)29-21(26)24(18)14-20(25)22-9-3-4-16(2)13-22/h5-6,12,15-16H,3-4,7-11,13-14H2,1-2H3. The van der Waals surface area contributed by atoms with Crippen molar-refractivity contribution in [3.8, 4) is 0 Å². The Bertz CT molecular complexity index is 1100. The lowest BCUT2D eigenvalue weighted by Crippen LogP contribution is -2.41. The summed E-state index contributed by atoms with van der Waals surface area (Å²) in [6.45, 7) is 6.52. The summed E-state index contributed by atoms with van der Waals surface area (Å²) in [4.78, 5) is 27.0. The fourth-order valence-electron chi connectivity index (χ4n) is 4.38. The second kappa shape index (κ2) is 8.19. The predicted octanol–water partition coefficient (Wildman–Crippen LogP) is 2.27. The van der Waals surface area contributed by atoms with Crippen LogP contribution < -0.4 is 5.76 Å². The molecule has 2 saturated heterocycles. The summed E-state index contributed by atoms with van der Waals surface area (Å²) in [5.41, 5.74) is 0.621. The van der Waals surface area contributed by atoms with Crippen molar-refractivity contribution in [1.82, 2.24) is 13.8 Å². The van der Waals surface area contributed by atoms with Crippen molar-refractivity contribution >= 4 is 27.0 Å². The Balaban J connectivity index is 1.58. The first-order valence-electron chi connectivity index (χ1n) is 10.7. The summed E-state index contributed by atoms with van der Waals surface area (Å²) in [5.74, 6) is 0.202. The van der Waals surface area contributed by atoms with E-state index in [4.69, 9.17) is 4.42 Å². The van der Waals surface area contributed by atoms with Crippen molar-refractivity contribution in [3.05, 3.63) is 28.7 Å². The van der Waals surface area contributed by atoms with E-state index in [1.54, 1.807) is 11.0 Å². The van der Waals surface area contributed by atoms with Crippen molar-refractivity contribution in [3.63, 3.8) is 0 Å². The van der Waals surface area contributed by atoms with Crippen molar-refractivity contribution in [2.24, 2.45) is 11.8 Å². The van der Waals surface area contributed by atoms with E-state index in [1.165, 1.54) is 21.0 Å². The van der Waals surface area contributed by atoms with Gasteiger partial charge in [0.15, 0.2) is 5.58 Å². The molecule has 0 aliphatic carbocycles. The van der Waals surface area contributed by atoms with Crippen LogP contribution in [0.5, 0.6) is 0 Å². The van der Waals surface area contributed by atoms with Crippen molar-refractivity contribution in [2.45, 2.75) is 51.0 Å². The zero-order chi connectivity index (χ0) is 21.5. The van der Waals surface area contributed by atoms with E-state index in [2.05, 4.69) is 13.8 Å². The van der Waals surface area contributed by atoms with Crippen LogP contribution in [0.15, 0.2) is 32.3 Å². The molecular formula is C21H29N3O5S. The van der Waals surface area contributed by atoms with Crippen LogP contribution in [0, 0.1) is 11.8 Å². The Morgan fingerprint density at radius 3 is 2.53 bits per heavy atom. The number of amides is 1. The Kier molecular flexibility index (Phi) is 5.76. The van der Waals surface area contributed by atoms with Crippen LogP contribution >= 0.6 is 0 Å². The Hall–Kier alpha value is -2.13. The fraction of sp³-hybridized carbons (Fsp3) is 0.619. The number of piperidine rings is 2. The average molecular weight is 436 g/mol. The number of benzene rings is 1. The van der Waals surface area contributed by atoms with Crippen LogP contribution in [-0.2, 0) is 21.4 Å². The topological polar surface area (TPSA) is 92.8 Å². The minimum absolute atomic E-state index is 0.103. The minimum atomic E-state index is -3.64. The lowest BCUT2D eigenvalue weighted by atomic mass is 10.0. The van der Waals surface area contributed by atoms with Gasteiger partial charge in [0.05, 0.1) is 10.4 Å². The van der Waals surface area contributed by atoms with Gasteiger partial charge in [-0.2, -0.15) is 4.31 Å². The highest BCUT2D eigenvalue weighted by Gasteiger charge is 2.29. The van der Waals surface area contributed by atoms with E-state index >= 15 is 0 Å². The smallest absolute Gasteiger partial charge is 0.408 e. The summed E-state index contributed by atoms with van der Waals surface area (Å²) in [5, 5.41) is 0. The van der Waals surface area contributed by atoms with E-state index in [-0.39, 0.29) is 22.9 Å². The van der Waals surface area contributed by atoms with Gasteiger partial charge in [-0.15, -0.1) is 0 Å². The summed E-state index contributed by atoms with van der Waals surface area (Å²) in [6, 6.07) is 4.45. The number of carbonyl (C=O) groups excluding carboxylic acids is 1. The third-order valence-corrected chi connectivity index (χ3v) is 8.22. The van der Waals surface area contributed by atoms with Gasteiger partial charge in [0.1, 0.15) is 6.54 Å². The van der Waals surface area contributed by atoms with Crippen LogP contribution in [0.3, 0.4) is 0 Å². The second-order valence-electron chi connectivity index (χ2n) is 8.76.